The van der Waals surface area contributed by atoms with E-state index < -0.39 is 17.6 Å². The minimum Gasteiger partial charge on any atom is -0.382 e. The molecule has 1 saturated carbocycles. The quantitative estimate of drug-likeness (QED) is 0.332. The van der Waals surface area contributed by atoms with Crippen LogP contribution in [0.4, 0.5) is 24.8 Å². The Hall–Kier alpha value is -4.74. The lowest BCUT2D eigenvalue weighted by Gasteiger charge is -2.29. The molecule has 0 spiro atoms. The van der Waals surface area contributed by atoms with Crippen molar-refractivity contribution in [3.05, 3.63) is 84.6 Å². The van der Waals surface area contributed by atoms with Gasteiger partial charge in [0.1, 0.15) is 28.7 Å². The SMILES string of the molecule is C=CC(=O)N1C[C@H]2[C@@H](C1c1nc(-c3ccc(C(=O)Nc4cc(C(F)(F)F)ccn4)cc3)c3c(N)nccn13)C2(C)C. The summed E-state index contributed by atoms with van der Waals surface area (Å²) in [4.78, 5) is 40.4. The maximum absolute atomic E-state index is 13.0. The molecule has 4 aromatic rings. The minimum absolute atomic E-state index is 0.0523. The molecule has 6 rings (SSSR count). The van der Waals surface area contributed by atoms with Crippen molar-refractivity contribution in [3.63, 3.8) is 0 Å². The zero-order chi connectivity index (χ0) is 29.3. The van der Waals surface area contributed by atoms with E-state index in [-0.39, 0.29) is 40.5 Å². The van der Waals surface area contributed by atoms with Gasteiger partial charge in [-0.05, 0) is 47.6 Å². The molecule has 0 radical (unpaired) electrons. The van der Waals surface area contributed by atoms with Crippen molar-refractivity contribution in [2.24, 2.45) is 17.3 Å². The summed E-state index contributed by atoms with van der Waals surface area (Å²) in [6.07, 6.45) is 1.09. The number of likely N-dealkylation sites (tertiary alicyclic amines) is 1. The molecular weight excluding hydrogens is 535 g/mol. The second kappa shape index (κ2) is 9.15. The average molecular weight is 562 g/mol. The number of pyridine rings is 1. The number of nitrogen functional groups attached to an aromatic ring is 1. The molecule has 9 nitrogen and oxygen atoms in total. The van der Waals surface area contributed by atoms with Crippen LogP contribution in [0.15, 0.2) is 67.6 Å². The van der Waals surface area contributed by atoms with Gasteiger partial charge in [0.2, 0.25) is 5.91 Å². The van der Waals surface area contributed by atoms with Gasteiger partial charge < -0.3 is 16.0 Å². The molecule has 41 heavy (non-hydrogen) atoms. The summed E-state index contributed by atoms with van der Waals surface area (Å²) >= 11 is 0. The maximum Gasteiger partial charge on any atom is 0.416 e. The number of fused-ring (bicyclic) bond motifs is 2. The van der Waals surface area contributed by atoms with Crippen LogP contribution in [0.2, 0.25) is 0 Å². The third-order valence-corrected chi connectivity index (χ3v) is 8.29. The van der Waals surface area contributed by atoms with Crippen molar-refractivity contribution in [2.45, 2.75) is 26.1 Å². The highest BCUT2D eigenvalue weighted by Crippen LogP contribution is 2.69. The van der Waals surface area contributed by atoms with Crippen LogP contribution in [0.1, 0.15) is 41.6 Å². The summed E-state index contributed by atoms with van der Waals surface area (Å²) in [6, 6.07) is 7.76. The number of benzene rings is 1. The Morgan fingerprint density at radius 1 is 1.15 bits per heavy atom. The van der Waals surface area contributed by atoms with E-state index in [0.717, 1.165) is 18.3 Å². The fraction of sp³-hybridized carbons (Fsp3) is 0.276. The number of imidazole rings is 1. The first-order chi connectivity index (χ1) is 19.4. The first-order valence-corrected chi connectivity index (χ1v) is 12.9. The second-order valence-corrected chi connectivity index (χ2v) is 10.9. The van der Waals surface area contributed by atoms with Crippen molar-refractivity contribution < 1.29 is 22.8 Å². The van der Waals surface area contributed by atoms with E-state index in [9.17, 15) is 22.8 Å². The molecule has 1 aliphatic carbocycles. The summed E-state index contributed by atoms with van der Waals surface area (Å²) in [5.74, 6) is 0.481. The number of rotatable bonds is 5. The Bertz CT molecular complexity index is 1710. The molecule has 2 amide bonds. The molecule has 12 heteroatoms. The highest BCUT2D eigenvalue weighted by atomic mass is 19.4. The van der Waals surface area contributed by atoms with E-state index in [1.807, 2.05) is 4.40 Å². The molecule has 1 unspecified atom stereocenters. The van der Waals surface area contributed by atoms with Gasteiger partial charge in [0.15, 0.2) is 0 Å². The molecule has 1 saturated heterocycles. The number of piperidine rings is 1. The lowest BCUT2D eigenvalue weighted by Crippen LogP contribution is -2.35. The number of hydrogen-bond acceptors (Lipinski definition) is 6. The molecule has 2 fully saturated rings. The Morgan fingerprint density at radius 2 is 1.88 bits per heavy atom. The number of amides is 2. The van der Waals surface area contributed by atoms with Crippen LogP contribution in [0.3, 0.4) is 0 Å². The van der Waals surface area contributed by atoms with Crippen molar-refractivity contribution in [1.82, 2.24) is 24.3 Å². The Labute approximate surface area is 232 Å². The highest BCUT2D eigenvalue weighted by Gasteiger charge is 2.68. The standard InChI is InChI=1S/C29H26F3N7O2/c1-4-20(40)39-14-18-21(28(18,2)3)23(39)26-37-22(24-25(33)35-11-12-38(24)26)15-5-7-16(8-6-15)27(41)36-19-13-17(9-10-34-19)29(30,31)32/h4-13,18,21,23H,1,14H2,2-3H3,(H2,33,35)(H,34,36,41)/t18-,21-,23?/m0/s1. The van der Waals surface area contributed by atoms with E-state index in [2.05, 4.69) is 35.7 Å². The lowest BCUT2D eigenvalue weighted by atomic mass is 10.0. The van der Waals surface area contributed by atoms with Crippen LogP contribution in [0, 0.1) is 17.3 Å². The fourth-order valence-electron chi connectivity index (χ4n) is 6.07. The first kappa shape index (κ1) is 26.5. The Balaban J connectivity index is 1.34. The summed E-state index contributed by atoms with van der Waals surface area (Å²) in [5.41, 5.74) is 7.41. The molecule has 3 aromatic heterocycles. The van der Waals surface area contributed by atoms with E-state index in [0.29, 0.717) is 35.1 Å². The van der Waals surface area contributed by atoms with Gasteiger partial charge in [-0.25, -0.2) is 15.0 Å². The normalized spacial score (nSPS) is 21.0. The largest absolute Gasteiger partial charge is 0.416 e. The van der Waals surface area contributed by atoms with Crippen LogP contribution in [-0.4, -0.2) is 42.6 Å². The number of carbonyl (C=O) groups excluding carboxylic acids is 2. The lowest BCUT2D eigenvalue weighted by molar-refractivity contribution is -0.137. The number of anilines is 2. The molecule has 1 aromatic carbocycles. The van der Waals surface area contributed by atoms with E-state index in [1.54, 1.807) is 41.6 Å². The van der Waals surface area contributed by atoms with Crippen molar-refractivity contribution in [1.29, 1.82) is 0 Å². The summed E-state index contributed by atoms with van der Waals surface area (Å²) in [6.45, 7) is 8.66. The zero-order valence-corrected chi connectivity index (χ0v) is 22.2. The molecule has 4 heterocycles. The number of nitrogens with zero attached hydrogens (tertiary/aromatic N) is 5. The third kappa shape index (κ3) is 4.30. The summed E-state index contributed by atoms with van der Waals surface area (Å²) < 4.78 is 41.0. The summed E-state index contributed by atoms with van der Waals surface area (Å²) in [7, 11) is 0. The number of hydrogen-bond donors (Lipinski definition) is 2. The van der Waals surface area contributed by atoms with Gasteiger partial charge in [-0.1, -0.05) is 32.6 Å². The number of alkyl halides is 3. The number of carbonyl (C=O) groups is 2. The van der Waals surface area contributed by atoms with Gasteiger partial charge >= 0.3 is 6.18 Å². The predicted molar refractivity (Wildman–Crippen MR) is 145 cm³/mol. The van der Waals surface area contributed by atoms with Gasteiger partial charge in [0, 0.05) is 36.3 Å². The van der Waals surface area contributed by atoms with Gasteiger partial charge in [0.05, 0.1) is 11.6 Å². The third-order valence-electron chi connectivity index (χ3n) is 8.29. The van der Waals surface area contributed by atoms with Crippen LogP contribution in [0.5, 0.6) is 0 Å². The van der Waals surface area contributed by atoms with Gasteiger partial charge in [-0.2, -0.15) is 13.2 Å². The van der Waals surface area contributed by atoms with E-state index >= 15 is 0 Å². The molecule has 3 N–H and O–H groups in total. The number of nitrogens with two attached hydrogens (primary N) is 1. The molecule has 1 aliphatic heterocycles. The molecule has 2 aliphatic rings. The molecule has 3 atom stereocenters. The second-order valence-electron chi connectivity index (χ2n) is 10.9. The van der Waals surface area contributed by atoms with Gasteiger partial charge in [0.25, 0.3) is 5.91 Å². The molecule has 210 valence electrons. The number of nitrogens with one attached hydrogen (secondary N) is 1. The monoisotopic (exact) mass is 561 g/mol. The summed E-state index contributed by atoms with van der Waals surface area (Å²) in [5, 5.41) is 2.40. The van der Waals surface area contributed by atoms with Crippen LogP contribution < -0.4 is 11.1 Å². The minimum atomic E-state index is -4.56. The molecular formula is C29H26F3N7O2. The Kier molecular flexibility index (Phi) is 5.91. The van der Waals surface area contributed by atoms with E-state index in [4.69, 9.17) is 10.7 Å². The Morgan fingerprint density at radius 3 is 2.56 bits per heavy atom. The maximum atomic E-state index is 13.0. The predicted octanol–water partition coefficient (Wildman–Crippen LogP) is 4.99. The average Bonchev–Trinajstić information content (AvgIpc) is 3.27. The zero-order valence-electron chi connectivity index (χ0n) is 22.2. The van der Waals surface area contributed by atoms with Crippen LogP contribution in [-0.2, 0) is 11.0 Å². The highest BCUT2D eigenvalue weighted by molar-refractivity contribution is 6.04. The fourth-order valence-corrected chi connectivity index (χ4v) is 6.07. The molecule has 0 bridgehead atoms. The topological polar surface area (TPSA) is 119 Å². The van der Waals surface area contributed by atoms with Gasteiger partial charge in [-0.3, -0.25) is 14.0 Å². The van der Waals surface area contributed by atoms with Crippen molar-refractivity contribution >= 4 is 29.0 Å². The van der Waals surface area contributed by atoms with Crippen LogP contribution >= 0.6 is 0 Å². The first-order valence-electron chi connectivity index (χ1n) is 12.9. The van der Waals surface area contributed by atoms with Crippen molar-refractivity contribution in [3.8, 4) is 11.3 Å². The van der Waals surface area contributed by atoms with E-state index in [1.165, 1.54) is 6.08 Å². The smallest absolute Gasteiger partial charge is 0.382 e. The van der Waals surface area contributed by atoms with Gasteiger partial charge in [-0.15, -0.1) is 0 Å². The number of aromatic nitrogens is 4. The van der Waals surface area contributed by atoms with Crippen LogP contribution in [0.25, 0.3) is 16.8 Å². The van der Waals surface area contributed by atoms with Crippen molar-refractivity contribution in [2.75, 3.05) is 17.6 Å². The number of halogens is 3.